The Labute approximate surface area is 133 Å². The van der Waals surface area contributed by atoms with Crippen LogP contribution in [0.5, 0.6) is 0 Å². The van der Waals surface area contributed by atoms with Crippen molar-refractivity contribution in [1.82, 2.24) is 15.5 Å². The maximum atomic E-state index is 9.12. The Morgan fingerprint density at radius 3 is 2.59 bits per heavy atom. The van der Waals surface area contributed by atoms with Gasteiger partial charge in [-0.3, -0.25) is 5.10 Å². The topological polar surface area (TPSA) is 60.9 Å². The molecule has 1 aromatic heterocycles. The lowest BCUT2D eigenvalue weighted by Crippen LogP contribution is -2.23. The second kappa shape index (κ2) is 7.56. The van der Waals surface area contributed by atoms with Crippen molar-refractivity contribution in [3.05, 3.63) is 53.3 Å². The van der Waals surface area contributed by atoms with E-state index in [-0.39, 0.29) is 18.1 Å². The Bertz CT molecular complexity index is 557. The zero-order valence-electron chi connectivity index (χ0n) is 13.8. The molecule has 1 heterocycles. The van der Waals surface area contributed by atoms with Crippen LogP contribution in [0.1, 0.15) is 56.5 Å². The second-order valence-electron chi connectivity index (χ2n) is 6.73. The van der Waals surface area contributed by atoms with E-state index in [2.05, 4.69) is 60.6 Å². The maximum absolute atomic E-state index is 9.12. The highest BCUT2D eigenvalue weighted by Gasteiger charge is 2.20. The number of aromatic nitrogens is 2. The van der Waals surface area contributed by atoms with Crippen molar-refractivity contribution < 1.29 is 5.11 Å². The molecule has 4 nitrogen and oxygen atoms in total. The number of aromatic amines is 1. The third-order valence-electron chi connectivity index (χ3n) is 3.86. The highest BCUT2D eigenvalue weighted by molar-refractivity contribution is 5.24. The second-order valence-corrected chi connectivity index (χ2v) is 6.73. The smallest absolute Gasteiger partial charge is 0.0535 e. The molecule has 0 amide bonds. The summed E-state index contributed by atoms with van der Waals surface area (Å²) in [7, 11) is 0. The van der Waals surface area contributed by atoms with E-state index in [1.807, 2.05) is 12.3 Å². The number of aliphatic hydroxyl groups is 1. The number of nitrogens with zero attached hydrogens (tertiary/aromatic N) is 1. The molecule has 2 rings (SSSR count). The molecule has 0 aliphatic rings. The fourth-order valence-electron chi connectivity index (χ4n) is 2.69. The number of nitrogens with one attached hydrogen (secondary N) is 2. The average molecular weight is 301 g/mol. The van der Waals surface area contributed by atoms with E-state index in [1.165, 1.54) is 16.8 Å². The molecule has 2 aromatic rings. The summed E-state index contributed by atoms with van der Waals surface area (Å²) in [5.74, 6) is 0. The molecule has 22 heavy (non-hydrogen) atoms. The summed E-state index contributed by atoms with van der Waals surface area (Å²) in [5, 5.41) is 20.1. The van der Waals surface area contributed by atoms with Crippen molar-refractivity contribution in [2.45, 2.75) is 51.6 Å². The van der Waals surface area contributed by atoms with E-state index < -0.39 is 0 Å². The van der Waals surface area contributed by atoms with Crippen LogP contribution in [0.3, 0.4) is 0 Å². The first-order chi connectivity index (χ1) is 10.5. The van der Waals surface area contributed by atoms with Gasteiger partial charge in [0, 0.05) is 35.9 Å². The Hall–Kier alpha value is -1.65. The number of hydrogen-bond donors (Lipinski definition) is 3. The van der Waals surface area contributed by atoms with Gasteiger partial charge in [0.25, 0.3) is 0 Å². The van der Waals surface area contributed by atoms with Crippen LogP contribution in [0.25, 0.3) is 0 Å². The van der Waals surface area contributed by atoms with Gasteiger partial charge in [0.15, 0.2) is 0 Å². The Balaban J connectivity index is 2.07. The van der Waals surface area contributed by atoms with E-state index >= 15 is 0 Å². The number of aliphatic hydroxyl groups excluding tert-OH is 1. The van der Waals surface area contributed by atoms with Gasteiger partial charge in [0.05, 0.1) is 6.20 Å². The minimum atomic E-state index is 0.0564. The summed E-state index contributed by atoms with van der Waals surface area (Å²) < 4.78 is 0. The SMILES string of the molecule is CC(C)(C)c1[nH]ncc1CNC(CCCO)c1ccccc1. The summed E-state index contributed by atoms with van der Waals surface area (Å²) in [6, 6.07) is 10.7. The molecule has 120 valence electrons. The summed E-state index contributed by atoms with van der Waals surface area (Å²) in [6.45, 7) is 7.55. The third kappa shape index (κ3) is 4.42. The van der Waals surface area contributed by atoms with Crippen LogP contribution in [-0.2, 0) is 12.0 Å². The molecule has 0 saturated heterocycles. The van der Waals surface area contributed by atoms with E-state index in [0.717, 1.165) is 19.4 Å². The van der Waals surface area contributed by atoms with Gasteiger partial charge in [-0.25, -0.2) is 0 Å². The zero-order valence-corrected chi connectivity index (χ0v) is 13.8. The van der Waals surface area contributed by atoms with Crippen LogP contribution in [0.15, 0.2) is 36.5 Å². The molecule has 0 bridgehead atoms. The molecule has 3 N–H and O–H groups in total. The van der Waals surface area contributed by atoms with Gasteiger partial charge < -0.3 is 10.4 Å². The summed E-state index contributed by atoms with van der Waals surface area (Å²) in [6.07, 6.45) is 3.62. The lowest BCUT2D eigenvalue weighted by Gasteiger charge is -2.22. The van der Waals surface area contributed by atoms with E-state index in [1.54, 1.807) is 0 Å². The molecule has 0 radical (unpaired) electrons. The van der Waals surface area contributed by atoms with Crippen LogP contribution in [-0.4, -0.2) is 21.9 Å². The molecule has 0 aliphatic heterocycles. The quantitative estimate of drug-likeness (QED) is 0.735. The number of hydrogen-bond acceptors (Lipinski definition) is 3. The monoisotopic (exact) mass is 301 g/mol. The van der Waals surface area contributed by atoms with Crippen molar-refractivity contribution >= 4 is 0 Å². The molecule has 0 saturated carbocycles. The van der Waals surface area contributed by atoms with Gasteiger partial charge in [-0.05, 0) is 18.4 Å². The van der Waals surface area contributed by atoms with Crippen LogP contribution >= 0.6 is 0 Å². The van der Waals surface area contributed by atoms with Gasteiger partial charge in [0.2, 0.25) is 0 Å². The summed E-state index contributed by atoms with van der Waals surface area (Å²) in [5.41, 5.74) is 3.70. The highest BCUT2D eigenvalue weighted by Crippen LogP contribution is 2.25. The molecule has 0 fully saturated rings. The average Bonchev–Trinajstić information content (AvgIpc) is 2.97. The standard InChI is InChI=1S/C18H27N3O/c1-18(2,3)17-15(13-20-21-17)12-19-16(10-7-11-22)14-8-5-4-6-9-14/h4-6,8-9,13,16,19,22H,7,10-12H2,1-3H3,(H,20,21). The Kier molecular flexibility index (Phi) is 5.75. The Morgan fingerprint density at radius 1 is 1.23 bits per heavy atom. The molecule has 1 aromatic carbocycles. The first-order valence-electron chi connectivity index (χ1n) is 7.94. The first kappa shape index (κ1) is 16.7. The lowest BCUT2D eigenvalue weighted by molar-refractivity contribution is 0.275. The van der Waals surface area contributed by atoms with Crippen molar-refractivity contribution in [3.8, 4) is 0 Å². The molecular weight excluding hydrogens is 274 g/mol. The minimum Gasteiger partial charge on any atom is -0.396 e. The number of H-pyrrole nitrogens is 1. The fraction of sp³-hybridized carbons (Fsp3) is 0.500. The molecule has 0 aliphatic carbocycles. The van der Waals surface area contributed by atoms with Crippen LogP contribution in [0.2, 0.25) is 0 Å². The molecule has 4 heteroatoms. The Morgan fingerprint density at radius 2 is 1.95 bits per heavy atom. The number of benzene rings is 1. The van der Waals surface area contributed by atoms with Gasteiger partial charge in [-0.1, -0.05) is 51.1 Å². The van der Waals surface area contributed by atoms with Crippen molar-refractivity contribution in [1.29, 1.82) is 0 Å². The third-order valence-corrected chi connectivity index (χ3v) is 3.86. The highest BCUT2D eigenvalue weighted by atomic mass is 16.2. The molecule has 1 unspecified atom stereocenters. The molecule has 0 spiro atoms. The van der Waals surface area contributed by atoms with Crippen LogP contribution in [0, 0.1) is 0 Å². The lowest BCUT2D eigenvalue weighted by atomic mass is 9.89. The van der Waals surface area contributed by atoms with E-state index in [0.29, 0.717) is 0 Å². The maximum Gasteiger partial charge on any atom is 0.0535 e. The van der Waals surface area contributed by atoms with E-state index in [4.69, 9.17) is 5.11 Å². The largest absolute Gasteiger partial charge is 0.396 e. The van der Waals surface area contributed by atoms with Crippen LogP contribution < -0.4 is 5.32 Å². The fourth-order valence-corrected chi connectivity index (χ4v) is 2.69. The minimum absolute atomic E-state index is 0.0564. The van der Waals surface area contributed by atoms with Gasteiger partial charge in [-0.2, -0.15) is 5.10 Å². The van der Waals surface area contributed by atoms with Crippen molar-refractivity contribution in [3.63, 3.8) is 0 Å². The summed E-state index contributed by atoms with van der Waals surface area (Å²) >= 11 is 0. The predicted molar refractivity (Wildman–Crippen MR) is 89.6 cm³/mol. The molecular formula is C18H27N3O. The van der Waals surface area contributed by atoms with E-state index in [9.17, 15) is 0 Å². The van der Waals surface area contributed by atoms with Crippen molar-refractivity contribution in [2.24, 2.45) is 0 Å². The predicted octanol–water partition coefficient (Wildman–Crippen LogP) is 3.31. The van der Waals surface area contributed by atoms with Crippen LogP contribution in [0.4, 0.5) is 0 Å². The normalized spacial score (nSPS) is 13.3. The summed E-state index contributed by atoms with van der Waals surface area (Å²) in [4.78, 5) is 0. The zero-order chi connectivity index (χ0) is 16.0. The number of rotatable bonds is 7. The van der Waals surface area contributed by atoms with Gasteiger partial charge in [0.1, 0.15) is 0 Å². The van der Waals surface area contributed by atoms with Gasteiger partial charge >= 0.3 is 0 Å². The van der Waals surface area contributed by atoms with Gasteiger partial charge in [-0.15, -0.1) is 0 Å². The molecule has 1 atom stereocenters. The van der Waals surface area contributed by atoms with Crippen molar-refractivity contribution in [2.75, 3.05) is 6.61 Å². The first-order valence-corrected chi connectivity index (χ1v) is 7.94.